The molecule has 2 aromatic heterocycles. The Morgan fingerprint density at radius 3 is 2.40 bits per heavy atom. The van der Waals surface area contributed by atoms with E-state index < -0.39 is 18.5 Å². The molecule has 1 N–H and O–H groups in total. The SMILES string of the molecule is CCn1ncc2c(C(=O)OCC(=O)Nc3ccc(C(=O)N(C)C)cc3)cc(-c3ccccc3)nc21. The van der Waals surface area contributed by atoms with Gasteiger partial charge in [0.05, 0.1) is 22.8 Å². The van der Waals surface area contributed by atoms with Crippen LogP contribution in [0.1, 0.15) is 27.6 Å². The summed E-state index contributed by atoms with van der Waals surface area (Å²) in [6.45, 7) is 2.06. The predicted octanol–water partition coefficient (Wildman–Crippen LogP) is 3.62. The maximum atomic E-state index is 13.0. The average Bonchev–Trinajstić information content (AvgIpc) is 3.30. The van der Waals surface area contributed by atoms with Gasteiger partial charge in [0.2, 0.25) is 0 Å². The van der Waals surface area contributed by atoms with Crippen LogP contribution in [0, 0.1) is 0 Å². The number of nitrogens with one attached hydrogen (secondary N) is 1. The fourth-order valence-electron chi connectivity index (χ4n) is 3.57. The fraction of sp³-hybridized carbons (Fsp3) is 0.192. The predicted molar refractivity (Wildman–Crippen MR) is 132 cm³/mol. The highest BCUT2D eigenvalue weighted by Crippen LogP contribution is 2.25. The van der Waals surface area contributed by atoms with Crippen molar-refractivity contribution in [2.45, 2.75) is 13.5 Å². The fourth-order valence-corrected chi connectivity index (χ4v) is 3.57. The molecule has 0 aliphatic heterocycles. The number of aryl methyl sites for hydroxylation is 1. The Bertz CT molecular complexity index is 1380. The van der Waals surface area contributed by atoms with Crippen molar-refractivity contribution < 1.29 is 19.1 Å². The van der Waals surface area contributed by atoms with Crippen LogP contribution in [-0.2, 0) is 16.1 Å². The van der Waals surface area contributed by atoms with Crippen molar-refractivity contribution in [1.29, 1.82) is 0 Å². The molecule has 0 unspecified atom stereocenters. The third kappa shape index (κ3) is 5.19. The van der Waals surface area contributed by atoms with E-state index in [0.29, 0.717) is 34.5 Å². The first-order valence-corrected chi connectivity index (χ1v) is 11.1. The van der Waals surface area contributed by atoms with Crippen molar-refractivity contribution in [3.05, 3.63) is 78.0 Å². The first-order chi connectivity index (χ1) is 16.9. The lowest BCUT2D eigenvalue weighted by molar-refractivity contribution is -0.119. The van der Waals surface area contributed by atoms with Gasteiger partial charge in [0, 0.05) is 37.5 Å². The molecule has 0 aliphatic carbocycles. The Balaban J connectivity index is 1.49. The third-order valence-corrected chi connectivity index (χ3v) is 5.35. The maximum absolute atomic E-state index is 13.0. The van der Waals surface area contributed by atoms with Gasteiger partial charge >= 0.3 is 5.97 Å². The molecule has 4 aromatic rings. The second kappa shape index (κ2) is 10.2. The summed E-state index contributed by atoms with van der Waals surface area (Å²) in [4.78, 5) is 43.5. The van der Waals surface area contributed by atoms with Gasteiger partial charge in [0.15, 0.2) is 12.3 Å². The molecule has 0 aliphatic rings. The van der Waals surface area contributed by atoms with E-state index in [4.69, 9.17) is 4.74 Å². The minimum atomic E-state index is -0.646. The molecule has 178 valence electrons. The molecule has 0 fully saturated rings. The maximum Gasteiger partial charge on any atom is 0.339 e. The van der Waals surface area contributed by atoms with E-state index in [0.717, 1.165) is 5.56 Å². The molecule has 0 saturated carbocycles. The van der Waals surface area contributed by atoms with E-state index in [1.807, 2.05) is 37.3 Å². The van der Waals surface area contributed by atoms with Crippen molar-refractivity contribution in [3.8, 4) is 11.3 Å². The number of anilines is 1. The number of fused-ring (bicyclic) bond motifs is 1. The highest BCUT2D eigenvalue weighted by Gasteiger charge is 2.19. The standard InChI is InChI=1S/C26H25N5O4/c1-4-31-24-21(15-27-31)20(14-22(29-24)17-8-6-5-7-9-17)26(34)35-16-23(32)28-19-12-10-18(11-13-19)25(33)30(2)3/h5-15H,4,16H2,1-3H3,(H,28,32). The van der Waals surface area contributed by atoms with Crippen molar-refractivity contribution >= 4 is 34.5 Å². The first kappa shape index (κ1) is 23.6. The van der Waals surface area contributed by atoms with E-state index >= 15 is 0 Å². The Kier molecular flexibility index (Phi) is 6.86. The minimum absolute atomic E-state index is 0.137. The zero-order valence-electron chi connectivity index (χ0n) is 19.7. The van der Waals surface area contributed by atoms with Gasteiger partial charge in [-0.1, -0.05) is 30.3 Å². The molecule has 0 atom stereocenters. The summed E-state index contributed by atoms with van der Waals surface area (Å²) in [6, 6.07) is 17.6. The molecule has 2 aromatic carbocycles. The summed E-state index contributed by atoms with van der Waals surface area (Å²) >= 11 is 0. The topological polar surface area (TPSA) is 106 Å². The number of rotatable bonds is 7. The number of benzene rings is 2. The summed E-state index contributed by atoms with van der Waals surface area (Å²) in [7, 11) is 3.33. The third-order valence-electron chi connectivity index (χ3n) is 5.35. The van der Waals surface area contributed by atoms with Crippen LogP contribution in [0.25, 0.3) is 22.3 Å². The van der Waals surface area contributed by atoms with Crippen molar-refractivity contribution in [3.63, 3.8) is 0 Å². The van der Waals surface area contributed by atoms with Crippen molar-refractivity contribution in [2.75, 3.05) is 26.0 Å². The molecule has 0 saturated heterocycles. The number of amides is 2. The lowest BCUT2D eigenvalue weighted by Gasteiger charge is -2.11. The summed E-state index contributed by atoms with van der Waals surface area (Å²) < 4.78 is 7.03. The summed E-state index contributed by atoms with van der Waals surface area (Å²) in [5, 5.41) is 7.53. The quantitative estimate of drug-likeness (QED) is 0.413. The molecule has 35 heavy (non-hydrogen) atoms. The lowest BCUT2D eigenvalue weighted by Crippen LogP contribution is -2.22. The monoisotopic (exact) mass is 471 g/mol. The number of carbonyl (C=O) groups excluding carboxylic acids is 3. The van der Waals surface area contributed by atoms with Crippen LogP contribution < -0.4 is 5.32 Å². The van der Waals surface area contributed by atoms with Gasteiger partial charge in [-0.3, -0.25) is 9.59 Å². The largest absolute Gasteiger partial charge is 0.452 e. The van der Waals surface area contributed by atoms with Gasteiger partial charge < -0.3 is 15.0 Å². The molecule has 0 radical (unpaired) electrons. The molecule has 9 heteroatoms. The Labute approximate surface area is 202 Å². The first-order valence-electron chi connectivity index (χ1n) is 11.1. The van der Waals surface area contributed by atoms with Crippen molar-refractivity contribution in [2.24, 2.45) is 0 Å². The number of hydrogen-bond acceptors (Lipinski definition) is 6. The van der Waals surface area contributed by atoms with E-state index in [1.165, 1.54) is 4.90 Å². The molecule has 2 heterocycles. The van der Waals surface area contributed by atoms with Gasteiger partial charge in [-0.2, -0.15) is 5.10 Å². The lowest BCUT2D eigenvalue weighted by atomic mass is 10.1. The molecule has 0 bridgehead atoms. The number of aromatic nitrogens is 3. The van der Waals surface area contributed by atoms with Crippen LogP contribution in [0.5, 0.6) is 0 Å². The average molecular weight is 472 g/mol. The summed E-state index contributed by atoms with van der Waals surface area (Å²) in [5.41, 5.74) is 3.30. The van der Waals surface area contributed by atoms with E-state index in [1.54, 1.807) is 55.3 Å². The molecule has 4 rings (SSSR count). The van der Waals surface area contributed by atoms with E-state index in [9.17, 15) is 14.4 Å². The number of ether oxygens (including phenoxy) is 1. The number of nitrogens with zero attached hydrogens (tertiary/aromatic N) is 4. The zero-order valence-corrected chi connectivity index (χ0v) is 19.7. The van der Waals surface area contributed by atoms with Crippen LogP contribution in [0.3, 0.4) is 0 Å². The normalized spacial score (nSPS) is 10.7. The molecule has 2 amide bonds. The van der Waals surface area contributed by atoms with Crippen LogP contribution in [0.15, 0.2) is 66.9 Å². The Morgan fingerprint density at radius 1 is 1.03 bits per heavy atom. The Morgan fingerprint density at radius 2 is 1.74 bits per heavy atom. The van der Waals surface area contributed by atoms with Gasteiger partial charge in [-0.15, -0.1) is 0 Å². The van der Waals surface area contributed by atoms with Crippen LogP contribution >= 0.6 is 0 Å². The van der Waals surface area contributed by atoms with Crippen LogP contribution in [0.4, 0.5) is 5.69 Å². The summed E-state index contributed by atoms with van der Waals surface area (Å²) in [5.74, 6) is -1.28. The molecular weight excluding hydrogens is 446 g/mol. The molecule has 9 nitrogen and oxygen atoms in total. The van der Waals surface area contributed by atoms with Crippen LogP contribution in [0.2, 0.25) is 0 Å². The number of pyridine rings is 1. The van der Waals surface area contributed by atoms with Gasteiger partial charge in [0.25, 0.3) is 11.8 Å². The smallest absolute Gasteiger partial charge is 0.339 e. The number of hydrogen-bond donors (Lipinski definition) is 1. The summed E-state index contributed by atoms with van der Waals surface area (Å²) in [6.07, 6.45) is 1.58. The van der Waals surface area contributed by atoms with E-state index in [-0.39, 0.29) is 11.5 Å². The zero-order chi connectivity index (χ0) is 24.9. The molecule has 0 spiro atoms. The van der Waals surface area contributed by atoms with Gasteiger partial charge in [-0.25, -0.2) is 14.5 Å². The van der Waals surface area contributed by atoms with E-state index in [2.05, 4.69) is 15.4 Å². The number of esters is 1. The molecular formula is C26H25N5O4. The van der Waals surface area contributed by atoms with Gasteiger partial charge in [-0.05, 0) is 37.3 Å². The minimum Gasteiger partial charge on any atom is -0.452 e. The van der Waals surface area contributed by atoms with Crippen molar-refractivity contribution in [1.82, 2.24) is 19.7 Å². The van der Waals surface area contributed by atoms with Gasteiger partial charge in [0.1, 0.15) is 0 Å². The van der Waals surface area contributed by atoms with Crippen LogP contribution in [-0.4, -0.2) is 58.2 Å². The second-order valence-electron chi connectivity index (χ2n) is 8.02. The highest BCUT2D eigenvalue weighted by atomic mass is 16.5. The second-order valence-corrected chi connectivity index (χ2v) is 8.02. The number of carbonyl (C=O) groups is 3. The highest BCUT2D eigenvalue weighted by molar-refractivity contribution is 6.05. The Hall–Kier alpha value is -4.53.